The molecule has 9 nitrogen and oxygen atoms in total. The number of ketones is 1. The van der Waals surface area contributed by atoms with E-state index in [4.69, 9.17) is 4.74 Å². The van der Waals surface area contributed by atoms with E-state index in [9.17, 15) is 19.7 Å². The second-order valence-corrected chi connectivity index (χ2v) is 5.70. The number of carbonyl (C=O) groups excluding carboxylic acids is 2. The van der Waals surface area contributed by atoms with Gasteiger partial charge in [0.1, 0.15) is 17.9 Å². The zero-order chi connectivity index (χ0) is 18.9. The maximum Gasteiger partial charge on any atom is 0.340 e. The van der Waals surface area contributed by atoms with Crippen molar-refractivity contribution < 1.29 is 19.2 Å². The van der Waals surface area contributed by atoms with Crippen molar-refractivity contribution in [3.8, 4) is 0 Å². The summed E-state index contributed by atoms with van der Waals surface area (Å²) >= 11 is 0. The van der Waals surface area contributed by atoms with Crippen molar-refractivity contribution in [1.82, 2.24) is 14.8 Å². The number of Topliss-reactive ketones (excluding diaryl/α,β-unsaturated/α-hetero) is 1. The van der Waals surface area contributed by atoms with Gasteiger partial charge >= 0.3 is 11.7 Å². The van der Waals surface area contributed by atoms with Crippen LogP contribution in [-0.2, 0) is 11.3 Å². The number of aryl methyl sites for hydroxylation is 2. The van der Waals surface area contributed by atoms with E-state index in [1.165, 1.54) is 11.6 Å². The van der Waals surface area contributed by atoms with E-state index in [-0.39, 0.29) is 36.0 Å². The van der Waals surface area contributed by atoms with Gasteiger partial charge in [-0.1, -0.05) is 0 Å². The van der Waals surface area contributed by atoms with E-state index in [1.54, 1.807) is 27.7 Å². The number of aromatic amines is 1. The molecule has 0 aromatic carbocycles. The van der Waals surface area contributed by atoms with Crippen molar-refractivity contribution in [2.75, 3.05) is 6.61 Å². The monoisotopic (exact) mass is 348 g/mol. The number of nitrogens with one attached hydrogen (secondary N) is 1. The number of ether oxygens (including phenoxy) is 1. The SMILES string of the molecule is CCOC(=O)c1c(C)[nH]c(C(=O)Cn2nc(C)c([N+](=O)[O-])c2C)c1C. The predicted molar refractivity (Wildman–Crippen MR) is 88.9 cm³/mol. The topological polar surface area (TPSA) is 120 Å². The fraction of sp³-hybridized carbons (Fsp3) is 0.438. The molecule has 0 aliphatic carbocycles. The van der Waals surface area contributed by atoms with Crippen molar-refractivity contribution in [3.63, 3.8) is 0 Å². The van der Waals surface area contributed by atoms with E-state index in [0.29, 0.717) is 22.5 Å². The van der Waals surface area contributed by atoms with Crippen molar-refractivity contribution in [2.24, 2.45) is 0 Å². The molecule has 0 saturated heterocycles. The van der Waals surface area contributed by atoms with Gasteiger partial charge in [-0.3, -0.25) is 19.6 Å². The molecule has 0 unspecified atom stereocenters. The second-order valence-electron chi connectivity index (χ2n) is 5.70. The molecule has 25 heavy (non-hydrogen) atoms. The molecule has 0 aliphatic rings. The van der Waals surface area contributed by atoms with Crippen molar-refractivity contribution >= 4 is 17.4 Å². The predicted octanol–water partition coefficient (Wildman–Crippen LogP) is 2.41. The summed E-state index contributed by atoms with van der Waals surface area (Å²) in [6.45, 7) is 8.19. The van der Waals surface area contributed by atoms with Gasteiger partial charge in [-0.05, 0) is 40.2 Å². The molecule has 2 aromatic heterocycles. The Labute approximate surface area is 144 Å². The van der Waals surface area contributed by atoms with E-state index >= 15 is 0 Å². The van der Waals surface area contributed by atoms with Crippen LogP contribution in [0.3, 0.4) is 0 Å². The first-order valence-corrected chi connectivity index (χ1v) is 7.76. The van der Waals surface area contributed by atoms with Crippen LogP contribution in [0, 0.1) is 37.8 Å². The lowest BCUT2D eigenvalue weighted by atomic mass is 10.1. The van der Waals surface area contributed by atoms with Crippen LogP contribution in [0.2, 0.25) is 0 Å². The fourth-order valence-corrected chi connectivity index (χ4v) is 2.86. The fourth-order valence-electron chi connectivity index (χ4n) is 2.86. The summed E-state index contributed by atoms with van der Waals surface area (Å²) in [6.07, 6.45) is 0. The highest BCUT2D eigenvalue weighted by Crippen LogP contribution is 2.23. The number of hydrogen-bond donors (Lipinski definition) is 1. The number of rotatable bonds is 6. The lowest BCUT2D eigenvalue weighted by molar-refractivity contribution is -0.386. The standard InChI is InChI=1S/C16H20N4O5/c1-6-25-16(22)13-8(2)14(17-9(13)3)12(21)7-19-11(5)15(20(23)24)10(4)18-19/h17H,6-7H2,1-5H3. The molecule has 2 aromatic rings. The molecule has 0 fully saturated rings. The number of carbonyl (C=O) groups is 2. The summed E-state index contributed by atoms with van der Waals surface area (Å²) in [5.74, 6) is -0.814. The van der Waals surface area contributed by atoms with Crippen LogP contribution in [0.15, 0.2) is 0 Å². The van der Waals surface area contributed by atoms with E-state index < -0.39 is 10.9 Å². The summed E-state index contributed by atoms with van der Waals surface area (Å²) < 4.78 is 6.30. The van der Waals surface area contributed by atoms with Crippen molar-refractivity contribution in [2.45, 2.75) is 41.2 Å². The van der Waals surface area contributed by atoms with Gasteiger partial charge in [0.05, 0.1) is 22.8 Å². The zero-order valence-electron chi connectivity index (χ0n) is 14.8. The average Bonchev–Trinajstić information content (AvgIpc) is 2.95. The molecule has 0 spiro atoms. The third kappa shape index (κ3) is 3.30. The van der Waals surface area contributed by atoms with Gasteiger partial charge in [-0.15, -0.1) is 0 Å². The van der Waals surface area contributed by atoms with Crippen LogP contribution < -0.4 is 0 Å². The van der Waals surface area contributed by atoms with Gasteiger partial charge < -0.3 is 9.72 Å². The Bertz CT molecular complexity index is 862. The van der Waals surface area contributed by atoms with Crippen LogP contribution >= 0.6 is 0 Å². The highest BCUT2D eigenvalue weighted by Gasteiger charge is 2.26. The van der Waals surface area contributed by atoms with Crippen LogP contribution in [-0.4, -0.2) is 38.0 Å². The minimum absolute atomic E-state index is 0.0978. The highest BCUT2D eigenvalue weighted by atomic mass is 16.6. The van der Waals surface area contributed by atoms with Gasteiger partial charge in [0, 0.05) is 5.69 Å². The molecule has 2 heterocycles. The molecule has 0 radical (unpaired) electrons. The molecule has 0 aliphatic heterocycles. The Morgan fingerprint density at radius 1 is 1.28 bits per heavy atom. The smallest absolute Gasteiger partial charge is 0.340 e. The number of esters is 1. The van der Waals surface area contributed by atoms with Crippen LogP contribution in [0.5, 0.6) is 0 Å². The highest BCUT2D eigenvalue weighted by molar-refractivity contribution is 6.01. The van der Waals surface area contributed by atoms with Crippen LogP contribution in [0.4, 0.5) is 5.69 Å². The third-order valence-corrected chi connectivity index (χ3v) is 4.02. The van der Waals surface area contributed by atoms with Crippen molar-refractivity contribution in [3.05, 3.63) is 44.0 Å². The molecule has 134 valence electrons. The summed E-state index contributed by atoms with van der Waals surface area (Å²) in [5, 5.41) is 15.1. The first kappa shape index (κ1) is 18.4. The molecular formula is C16H20N4O5. The van der Waals surface area contributed by atoms with Crippen LogP contribution in [0.25, 0.3) is 0 Å². The molecule has 1 N–H and O–H groups in total. The summed E-state index contributed by atoms with van der Waals surface area (Å²) in [5.41, 5.74) is 2.11. The minimum atomic E-state index is -0.512. The largest absolute Gasteiger partial charge is 0.462 e. The number of aromatic nitrogens is 3. The van der Waals surface area contributed by atoms with Crippen molar-refractivity contribution in [1.29, 1.82) is 0 Å². The van der Waals surface area contributed by atoms with Gasteiger partial charge in [0.2, 0.25) is 5.78 Å². The Morgan fingerprint density at radius 3 is 2.44 bits per heavy atom. The summed E-state index contributed by atoms with van der Waals surface area (Å²) in [6, 6.07) is 0. The van der Waals surface area contributed by atoms with Gasteiger partial charge in [0.15, 0.2) is 0 Å². The lowest BCUT2D eigenvalue weighted by Gasteiger charge is -2.04. The number of H-pyrrole nitrogens is 1. The maximum atomic E-state index is 12.6. The lowest BCUT2D eigenvalue weighted by Crippen LogP contribution is -2.15. The Hall–Kier alpha value is -2.97. The molecular weight excluding hydrogens is 328 g/mol. The zero-order valence-corrected chi connectivity index (χ0v) is 14.8. The first-order chi connectivity index (χ1) is 11.7. The quantitative estimate of drug-likeness (QED) is 0.370. The summed E-state index contributed by atoms with van der Waals surface area (Å²) in [4.78, 5) is 38.1. The van der Waals surface area contributed by atoms with Gasteiger partial charge in [0.25, 0.3) is 0 Å². The molecule has 0 atom stereocenters. The number of nitrogens with zero attached hydrogens (tertiary/aromatic N) is 3. The Morgan fingerprint density at radius 2 is 1.92 bits per heavy atom. The number of nitro groups is 1. The van der Waals surface area contributed by atoms with Gasteiger partial charge in [-0.2, -0.15) is 5.10 Å². The first-order valence-electron chi connectivity index (χ1n) is 7.76. The number of hydrogen-bond acceptors (Lipinski definition) is 6. The molecule has 0 bridgehead atoms. The molecule has 9 heteroatoms. The maximum absolute atomic E-state index is 12.6. The van der Waals surface area contributed by atoms with Gasteiger partial charge in [-0.25, -0.2) is 4.79 Å². The van der Waals surface area contributed by atoms with E-state index in [0.717, 1.165) is 0 Å². The molecule has 0 amide bonds. The van der Waals surface area contributed by atoms with E-state index in [2.05, 4.69) is 10.1 Å². The second kappa shape index (κ2) is 6.88. The molecule has 0 saturated carbocycles. The third-order valence-electron chi connectivity index (χ3n) is 4.02. The Balaban J connectivity index is 2.34. The minimum Gasteiger partial charge on any atom is -0.462 e. The van der Waals surface area contributed by atoms with Crippen LogP contribution in [0.1, 0.15) is 50.4 Å². The Kier molecular flexibility index (Phi) is 5.05. The summed E-state index contributed by atoms with van der Waals surface area (Å²) in [7, 11) is 0. The molecule has 2 rings (SSSR count). The normalized spacial score (nSPS) is 10.8. The average molecular weight is 348 g/mol. The van der Waals surface area contributed by atoms with E-state index in [1.807, 2.05) is 0 Å².